The molecular weight excluding hydrogens is 144 g/mol. The summed E-state index contributed by atoms with van der Waals surface area (Å²) in [5.74, 6) is 0. The van der Waals surface area contributed by atoms with Gasteiger partial charge in [-0.25, -0.2) is 0 Å². The average molecular weight is 160 g/mol. The zero-order valence-electron chi connectivity index (χ0n) is 8.15. The summed E-state index contributed by atoms with van der Waals surface area (Å²) in [7, 11) is 0. The molecule has 0 N–H and O–H groups in total. The normalized spacial score (nSPS) is 9.92. The number of allylic oxidation sites excluding steroid dienone is 1. The van der Waals surface area contributed by atoms with Gasteiger partial charge in [-0.3, -0.25) is 0 Å². The molecule has 0 nitrogen and oxygen atoms in total. The molecular formula is C12H16. The van der Waals surface area contributed by atoms with Crippen LogP contribution in [0, 0.1) is 6.92 Å². The van der Waals surface area contributed by atoms with E-state index in [4.69, 9.17) is 0 Å². The predicted molar refractivity (Wildman–Crippen MR) is 55.3 cm³/mol. The van der Waals surface area contributed by atoms with Crippen molar-refractivity contribution in [1.82, 2.24) is 0 Å². The first-order valence-electron chi connectivity index (χ1n) is 4.40. The molecule has 0 heterocycles. The van der Waals surface area contributed by atoms with Crippen LogP contribution in [0.5, 0.6) is 0 Å². The average Bonchev–Trinajstić information content (AvgIpc) is 2.05. The highest BCUT2D eigenvalue weighted by molar-refractivity contribution is 5.62. The Bertz CT molecular complexity index is 295. The molecule has 0 bridgehead atoms. The van der Waals surface area contributed by atoms with Crippen LogP contribution in [0.4, 0.5) is 0 Å². The summed E-state index contributed by atoms with van der Waals surface area (Å²) in [6, 6.07) is 6.54. The van der Waals surface area contributed by atoms with Gasteiger partial charge in [0.2, 0.25) is 0 Å². The second kappa shape index (κ2) is 3.57. The molecule has 0 heteroatoms. The van der Waals surface area contributed by atoms with E-state index in [1.165, 1.54) is 16.7 Å². The van der Waals surface area contributed by atoms with E-state index in [1.807, 2.05) is 6.92 Å². The van der Waals surface area contributed by atoms with Crippen LogP contribution in [-0.2, 0) is 6.42 Å². The highest BCUT2D eigenvalue weighted by Crippen LogP contribution is 2.16. The van der Waals surface area contributed by atoms with Gasteiger partial charge < -0.3 is 0 Å². The van der Waals surface area contributed by atoms with Crippen molar-refractivity contribution in [3.8, 4) is 0 Å². The minimum absolute atomic E-state index is 1.10. The Kier molecular flexibility index (Phi) is 2.69. The Morgan fingerprint density at radius 1 is 1.42 bits per heavy atom. The molecule has 0 spiro atoms. The Morgan fingerprint density at radius 3 is 2.58 bits per heavy atom. The summed E-state index contributed by atoms with van der Waals surface area (Å²) < 4.78 is 0. The fourth-order valence-corrected chi connectivity index (χ4v) is 1.32. The summed E-state index contributed by atoms with van der Waals surface area (Å²) in [6.07, 6.45) is 1.10. The number of benzene rings is 1. The molecule has 0 saturated heterocycles. The third kappa shape index (κ3) is 1.76. The van der Waals surface area contributed by atoms with Crippen LogP contribution in [0.2, 0.25) is 0 Å². The van der Waals surface area contributed by atoms with E-state index in [0.29, 0.717) is 0 Å². The van der Waals surface area contributed by atoms with Gasteiger partial charge in [0.05, 0.1) is 0 Å². The van der Waals surface area contributed by atoms with Crippen LogP contribution in [0.1, 0.15) is 30.5 Å². The molecule has 0 aliphatic carbocycles. The van der Waals surface area contributed by atoms with Crippen molar-refractivity contribution in [3.63, 3.8) is 0 Å². The molecule has 1 aromatic rings. The second-order valence-corrected chi connectivity index (χ2v) is 3.28. The molecule has 0 aromatic heterocycles. The molecule has 0 aliphatic heterocycles. The SMILES string of the molecule is C=C(C)c1ccc(C)c(CC)c1. The predicted octanol–water partition coefficient (Wildman–Crippen LogP) is 3.59. The van der Waals surface area contributed by atoms with E-state index in [2.05, 4.69) is 38.6 Å². The molecule has 0 amide bonds. The first-order valence-corrected chi connectivity index (χ1v) is 4.40. The third-order valence-electron chi connectivity index (χ3n) is 2.22. The van der Waals surface area contributed by atoms with E-state index < -0.39 is 0 Å². The van der Waals surface area contributed by atoms with Crippen molar-refractivity contribution in [1.29, 1.82) is 0 Å². The number of hydrogen-bond donors (Lipinski definition) is 0. The van der Waals surface area contributed by atoms with Gasteiger partial charge in [0.25, 0.3) is 0 Å². The van der Waals surface area contributed by atoms with E-state index in [1.54, 1.807) is 0 Å². The Balaban J connectivity index is 3.13. The second-order valence-electron chi connectivity index (χ2n) is 3.28. The number of rotatable bonds is 2. The van der Waals surface area contributed by atoms with Crippen molar-refractivity contribution < 1.29 is 0 Å². The van der Waals surface area contributed by atoms with E-state index in [9.17, 15) is 0 Å². The van der Waals surface area contributed by atoms with Crippen LogP contribution in [-0.4, -0.2) is 0 Å². The maximum Gasteiger partial charge on any atom is -0.0230 e. The van der Waals surface area contributed by atoms with Crippen LogP contribution < -0.4 is 0 Å². The Hall–Kier alpha value is -1.04. The van der Waals surface area contributed by atoms with Crippen molar-refractivity contribution >= 4 is 5.57 Å². The molecule has 64 valence electrons. The fourth-order valence-electron chi connectivity index (χ4n) is 1.32. The largest absolute Gasteiger partial charge is 0.0955 e. The minimum Gasteiger partial charge on any atom is -0.0955 e. The smallest absolute Gasteiger partial charge is 0.0230 e. The molecule has 0 radical (unpaired) electrons. The molecule has 0 atom stereocenters. The Labute approximate surface area is 74.9 Å². The van der Waals surface area contributed by atoms with Crippen molar-refractivity contribution in [2.24, 2.45) is 0 Å². The van der Waals surface area contributed by atoms with Crippen LogP contribution >= 0.6 is 0 Å². The van der Waals surface area contributed by atoms with Crippen LogP contribution in [0.3, 0.4) is 0 Å². The van der Waals surface area contributed by atoms with Gasteiger partial charge in [0.15, 0.2) is 0 Å². The van der Waals surface area contributed by atoms with E-state index in [-0.39, 0.29) is 0 Å². The summed E-state index contributed by atoms with van der Waals surface area (Å²) in [5, 5.41) is 0. The third-order valence-corrected chi connectivity index (χ3v) is 2.22. The van der Waals surface area contributed by atoms with Gasteiger partial charge in [0.1, 0.15) is 0 Å². The molecule has 0 saturated carbocycles. The van der Waals surface area contributed by atoms with E-state index >= 15 is 0 Å². The standard InChI is InChI=1S/C12H16/c1-5-11-8-12(9(2)3)7-6-10(11)4/h6-8H,2,5H2,1,3-4H3. The van der Waals surface area contributed by atoms with Gasteiger partial charge >= 0.3 is 0 Å². The molecule has 0 unspecified atom stereocenters. The van der Waals surface area contributed by atoms with Crippen molar-refractivity contribution in [2.75, 3.05) is 0 Å². The quantitative estimate of drug-likeness (QED) is 0.620. The lowest BCUT2D eigenvalue weighted by Gasteiger charge is -2.06. The van der Waals surface area contributed by atoms with Gasteiger partial charge in [-0.15, -0.1) is 0 Å². The fraction of sp³-hybridized carbons (Fsp3) is 0.333. The molecule has 0 aliphatic rings. The molecule has 1 aromatic carbocycles. The molecule has 12 heavy (non-hydrogen) atoms. The topological polar surface area (TPSA) is 0 Å². The molecule has 1 rings (SSSR count). The Morgan fingerprint density at radius 2 is 2.08 bits per heavy atom. The van der Waals surface area contributed by atoms with Crippen LogP contribution in [0.15, 0.2) is 24.8 Å². The summed E-state index contributed by atoms with van der Waals surface area (Å²) in [5.41, 5.74) is 5.21. The van der Waals surface area contributed by atoms with Crippen molar-refractivity contribution in [3.05, 3.63) is 41.5 Å². The molecule has 0 fully saturated rings. The van der Waals surface area contributed by atoms with Gasteiger partial charge in [-0.2, -0.15) is 0 Å². The van der Waals surface area contributed by atoms with Gasteiger partial charge in [-0.05, 0) is 37.0 Å². The maximum absolute atomic E-state index is 3.93. The number of aryl methyl sites for hydroxylation is 2. The van der Waals surface area contributed by atoms with Gasteiger partial charge in [0, 0.05) is 0 Å². The monoisotopic (exact) mass is 160 g/mol. The summed E-state index contributed by atoms with van der Waals surface area (Å²) in [6.45, 7) is 10.3. The van der Waals surface area contributed by atoms with E-state index in [0.717, 1.165) is 12.0 Å². The maximum atomic E-state index is 3.93. The highest BCUT2D eigenvalue weighted by atomic mass is 14.0. The first-order chi connectivity index (χ1) is 5.65. The first kappa shape index (κ1) is 9.05. The lowest BCUT2D eigenvalue weighted by molar-refractivity contribution is 1.11. The van der Waals surface area contributed by atoms with Crippen molar-refractivity contribution in [2.45, 2.75) is 27.2 Å². The lowest BCUT2D eigenvalue weighted by atomic mass is 10.00. The van der Waals surface area contributed by atoms with Crippen LogP contribution in [0.25, 0.3) is 5.57 Å². The zero-order chi connectivity index (χ0) is 9.14. The summed E-state index contributed by atoms with van der Waals surface area (Å²) in [4.78, 5) is 0. The number of hydrogen-bond acceptors (Lipinski definition) is 0. The van der Waals surface area contributed by atoms with Gasteiger partial charge in [-0.1, -0.05) is 37.3 Å². The highest BCUT2D eigenvalue weighted by Gasteiger charge is 1.98. The minimum atomic E-state index is 1.10. The lowest BCUT2D eigenvalue weighted by Crippen LogP contribution is -1.88. The summed E-state index contributed by atoms with van der Waals surface area (Å²) >= 11 is 0. The zero-order valence-corrected chi connectivity index (χ0v) is 8.15.